The van der Waals surface area contributed by atoms with Crippen molar-refractivity contribution in [3.05, 3.63) is 45.7 Å². The van der Waals surface area contributed by atoms with Crippen LogP contribution in [0.4, 0.5) is 0 Å². The minimum absolute atomic E-state index is 0.0291. The summed E-state index contributed by atoms with van der Waals surface area (Å²) in [5, 5.41) is 13.6. The van der Waals surface area contributed by atoms with E-state index in [2.05, 4.69) is 40.9 Å². The summed E-state index contributed by atoms with van der Waals surface area (Å²) < 4.78 is 8.65. The average Bonchev–Trinajstić information content (AvgIpc) is 2.88. The Morgan fingerprint density at radius 1 is 1.30 bits per heavy atom. The summed E-state index contributed by atoms with van der Waals surface area (Å²) in [6, 6.07) is 7.67. The number of halogens is 1. The smallest absolute Gasteiger partial charge is 0.134 e. The van der Waals surface area contributed by atoms with Gasteiger partial charge >= 0.3 is 0 Å². The maximum absolute atomic E-state index is 9.09. The number of hydrogen-bond acceptors (Lipinski definition) is 3. The highest BCUT2D eigenvalue weighted by molar-refractivity contribution is 9.10. The lowest BCUT2D eigenvalue weighted by atomic mass is 10.2. The first-order chi connectivity index (χ1) is 9.67. The van der Waals surface area contributed by atoms with E-state index in [1.54, 1.807) is 0 Å². The molecular formula is C15H19BrN2O2. The molecule has 2 aromatic rings. The number of benzene rings is 1. The van der Waals surface area contributed by atoms with Gasteiger partial charge in [-0.05, 0) is 53.0 Å². The number of aromatic nitrogens is 2. The minimum atomic E-state index is 0.0291. The van der Waals surface area contributed by atoms with Gasteiger partial charge in [-0.2, -0.15) is 5.10 Å². The van der Waals surface area contributed by atoms with Crippen molar-refractivity contribution in [1.29, 1.82) is 0 Å². The van der Waals surface area contributed by atoms with E-state index in [0.717, 1.165) is 40.1 Å². The van der Waals surface area contributed by atoms with Crippen molar-refractivity contribution < 1.29 is 9.84 Å². The molecule has 1 aromatic heterocycles. The molecule has 5 heteroatoms. The number of ether oxygens (including phenoxy) is 1. The molecular weight excluding hydrogens is 320 g/mol. The second-order valence-electron chi connectivity index (χ2n) is 4.51. The quantitative estimate of drug-likeness (QED) is 0.878. The van der Waals surface area contributed by atoms with Crippen LogP contribution in [0.1, 0.15) is 30.8 Å². The molecule has 0 fully saturated rings. The third-order valence-corrected chi connectivity index (χ3v) is 3.75. The van der Waals surface area contributed by atoms with E-state index in [1.807, 2.05) is 22.9 Å². The Balaban J connectivity index is 2.10. The molecule has 0 spiro atoms. The standard InChI is InChI=1S/C15H19BrN2O2/c1-3-12-8-13(18(4-2)17-12)10-20-15-6-5-11(9-19)7-14(15)16/h5-8,19H,3-4,9-10H2,1-2H3. The van der Waals surface area contributed by atoms with E-state index in [-0.39, 0.29) is 6.61 Å². The van der Waals surface area contributed by atoms with Gasteiger partial charge in [-0.1, -0.05) is 13.0 Å². The van der Waals surface area contributed by atoms with Crippen molar-refractivity contribution in [3.8, 4) is 5.75 Å². The maximum Gasteiger partial charge on any atom is 0.134 e. The highest BCUT2D eigenvalue weighted by Gasteiger charge is 2.08. The summed E-state index contributed by atoms with van der Waals surface area (Å²) >= 11 is 3.46. The third kappa shape index (κ3) is 3.41. The molecule has 1 heterocycles. The number of aliphatic hydroxyl groups excluding tert-OH is 1. The van der Waals surface area contributed by atoms with Crippen LogP contribution in [0.3, 0.4) is 0 Å². The fraction of sp³-hybridized carbons (Fsp3) is 0.400. The summed E-state index contributed by atoms with van der Waals surface area (Å²) in [6.45, 7) is 5.52. The van der Waals surface area contributed by atoms with Gasteiger partial charge in [-0.3, -0.25) is 4.68 Å². The number of hydrogen-bond donors (Lipinski definition) is 1. The third-order valence-electron chi connectivity index (χ3n) is 3.13. The van der Waals surface area contributed by atoms with Crippen LogP contribution in [0, 0.1) is 0 Å². The fourth-order valence-corrected chi connectivity index (χ4v) is 2.53. The van der Waals surface area contributed by atoms with Gasteiger partial charge in [0.25, 0.3) is 0 Å². The van der Waals surface area contributed by atoms with Crippen molar-refractivity contribution in [2.24, 2.45) is 0 Å². The van der Waals surface area contributed by atoms with Crippen LogP contribution in [0.15, 0.2) is 28.7 Å². The zero-order chi connectivity index (χ0) is 14.5. The molecule has 4 nitrogen and oxygen atoms in total. The Labute approximate surface area is 127 Å². The largest absolute Gasteiger partial charge is 0.486 e. The maximum atomic E-state index is 9.09. The molecule has 20 heavy (non-hydrogen) atoms. The van der Waals surface area contributed by atoms with E-state index in [9.17, 15) is 0 Å². The minimum Gasteiger partial charge on any atom is -0.486 e. The number of aryl methyl sites for hydroxylation is 2. The van der Waals surface area contributed by atoms with Gasteiger partial charge in [0, 0.05) is 6.54 Å². The second-order valence-corrected chi connectivity index (χ2v) is 5.36. The van der Waals surface area contributed by atoms with Crippen molar-refractivity contribution in [1.82, 2.24) is 9.78 Å². The lowest BCUT2D eigenvalue weighted by Gasteiger charge is -2.10. The zero-order valence-corrected chi connectivity index (χ0v) is 13.4. The monoisotopic (exact) mass is 338 g/mol. The van der Waals surface area contributed by atoms with Gasteiger partial charge in [0.05, 0.1) is 22.5 Å². The van der Waals surface area contributed by atoms with Gasteiger partial charge < -0.3 is 9.84 Å². The molecule has 0 saturated carbocycles. The predicted octanol–water partition coefficient (Wildman–Crippen LogP) is 3.30. The van der Waals surface area contributed by atoms with Gasteiger partial charge in [-0.15, -0.1) is 0 Å². The Morgan fingerprint density at radius 2 is 2.10 bits per heavy atom. The molecule has 0 radical (unpaired) electrons. The van der Waals surface area contributed by atoms with E-state index in [1.165, 1.54) is 0 Å². The van der Waals surface area contributed by atoms with Crippen molar-refractivity contribution in [2.45, 2.75) is 40.0 Å². The van der Waals surface area contributed by atoms with Crippen LogP contribution in [0.5, 0.6) is 5.75 Å². The Kier molecular flexibility index (Phi) is 5.20. The zero-order valence-electron chi connectivity index (χ0n) is 11.8. The van der Waals surface area contributed by atoms with Gasteiger partial charge in [0.2, 0.25) is 0 Å². The lowest BCUT2D eigenvalue weighted by molar-refractivity contribution is 0.279. The lowest BCUT2D eigenvalue weighted by Crippen LogP contribution is -2.06. The van der Waals surface area contributed by atoms with Crippen molar-refractivity contribution in [3.63, 3.8) is 0 Å². The van der Waals surface area contributed by atoms with E-state index < -0.39 is 0 Å². The predicted molar refractivity (Wildman–Crippen MR) is 81.7 cm³/mol. The first-order valence-corrected chi connectivity index (χ1v) is 7.54. The Morgan fingerprint density at radius 3 is 2.70 bits per heavy atom. The van der Waals surface area contributed by atoms with Crippen molar-refractivity contribution in [2.75, 3.05) is 0 Å². The topological polar surface area (TPSA) is 47.3 Å². The molecule has 0 unspecified atom stereocenters. The highest BCUT2D eigenvalue weighted by atomic mass is 79.9. The second kappa shape index (κ2) is 6.90. The Bertz CT molecular complexity index is 581. The summed E-state index contributed by atoms with van der Waals surface area (Å²) in [6.07, 6.45) is 0.925. The van der Waals surface area contributed by atoms with E-state index >= 15 is 0 Å². The number of rotatable bonds is 6. The molecule has 108 valence electrons. The molecule has 0 amide bonds. The fourth-order valence-electron chi connectivity index (χ4n) is 1.99. The molecule has 1 aromatic carbocycles. The average molecular weight is 339 g/mol. The molecule has 0 aliphatic heterocycles. The molecule has 0 bridgehead atoms. The van der Waals surface area contributed by atoms with Crippen LogP contribution in [-0.2, 0) is 26.2 Å². The van der Waals surface area contributed by atoms with Gasteiger partial charge in [0.15, 0.2) is 0 Å². The van der Waals surface area contributed by atoms with Crippen LogP contribution in [-0.4, -0.2) is 14.9 Å². The Hall–Kier alpha value is -1.33. The number of aliphatic hydroxyl groups is 1. The van der Waals surface area contributed by atoms with Crippen LogP contribution in [0.2, 0.25) is 0 Å². The van der Waals surface area contributed by atoms with Gasteiger partial charge in [-0.25, -0.2) is 0 Å². The molecule has 0 aliphatic rings. The van der Waals surface area contributed by atoms with Crippen LogP contribution in [0.25, 0.3) is 0 Å². The summed E-state index contributed by atoms with van der Waals surface area (Å²) in [4.78, 5) is 0. The first-order valence-electron chi connectivity index (χ1n) is 6.75. The number of nitrogens with zero attached hydrogens (tertiary/aromatic N) is 2. The summed E-state index contributed by atoms with van der Waals surface area (Å²) in [7, 11) is 0. The molecule has 0 atom stereocenters. The molecule has 2 rings (SSSR count). The molecule has 0 aliphatic carbocycles. The van der Waals surface area contributed by atoms with Crippen molar-refractivity contribution >= 4 is 15.9 Å². The molecule has 0 saturated heterocycles. The first kappa shape index (κ1) is 15.1. The normalized spacial score (nSPS) is 10.8. The summed E-state index contributed by atoms with van der Waals surface area (Å²) in [5.41, 5.74) is 3.01. The van der Waals surface area contributed by atoms with Crippen LogP contribution < -0.4 is 4.74 Å². The molecule has 1 N–H and O–H groups in total. The SMILES string of the molecule is CCc1cc(COc2ccc(CO)cc2Br)n(CC)n1. The van der Waals surface area contributed by atoms with E-state index in [4.69, 9.17) is 9.84 Å². The summed E-state index contributed by atoms with van der Waals surface area (Å²) in [5.74, 6) is 0.768. The van der Waals surface area contributed by atoms with Gasteiger partial charge in [0.1, 0.15) is 12.4 Å². The highest BCUT2D eigenvalue weighted by Crippen LogP contribution is 2.27. The van der Waals surface area contributed by atoms with Crippen LogP contribution >= 0.6 is 15.9 Å². The van der Waals surface area contributed by atoms with E-state index in [0.29, 0.717) is 6.61 Å².